The zero-order chi connectivity index (χ0) is 17.5. The van der Waals surface area contributed by atoms with E-state index in [1.807, 2.05) is 48.5 Å². The normalized spacial score (nSPS) is 26.0. The lowest BCUT2D eigenvalue weighted by atomic mass is 10.1. The van der Waals surface area contributed by atoms with Crippen molar-refractivity contribution in [2.45, 2.75) is 37.8 Å². The first-order chi connectivity index (χ1) is 12.3. The van der Waals surface area contributed by atoms with Gasteiger partial charge in [-0.3, -0.25) is 0 Å². The number of halogens is 1. The van der Waals surface area contributed by atoms with Crippen LogP contribution in [0.2, 0.25) is 0 Å². The number of alkyl halides is 1. The van der Waals surface area contributed by atoms with Crippen LogP contribution in [0.5, 0.6) is 0 Å². The highest BCUT2D eigenvalue weighted by Crippen LogP contribution is 2.30. The van der Waals surface area contributed by atoms with E-state index in [0.29, 0.717) is 13.2 Å². The summed E-state index contributed by atoms with van der Waals surface area (Å²) in [4.78, 5) is 0. The van der Waals surface area contributed by atoms with E-state index in [2.05, 4.69) is 34.7 Å². The zero-order valence-electron chi connectivity index (χ0n) is 14.2. The summed E-state index contributed by atoms with van der Waals surface area (Å²) in [6.07, 6.45) is -0.876. The minimum atomic E-state index is -0.413. The van der Waals surface area contributed by atoms with Crippen molar-refractivity contribution in [3.8, 4) is 0 Å². The van der Waals surface area contributed by atoms with Crippen LogP contribution in [0.3, 0.4) is 0 Å². The predicted molar refractivity (Wildman–Crippen MR) is 105 cm³/mol. The fourth-order valence-electron chi connectivity index (χ4n) is 2.92. The number of ether oxygens (including phenoxy) is 4. The van der Waals surface area contributed by atoms with Gasteiger partial charge in [0.15, 0.2) is 6.29 Å². The van der Waals surface area contributed by atoms with Gasteiger partial charge >= 0.3 is 0 Å². The molecule has 0 spiro atoms. The molecule has 0 aliphatic carbocycles. The molecule has 1 unspecified atom stereocenters. The third-order valence-corrected chi connectivity index (χ3v) is 5.09. The Balaban J connectivity index is 1.66. The summed E-state index contributed by atoms with van der Waals surface area (Å²) in [5, 5.41) is 0. The van der Waals surface area contributed by atoms with Crippen molar-refractivity contribution in [3.05, 3.63) is 71.8 Å². The largest absolute Gasteiger partial charge is 0.368 e. The van der Waals surface area contributed by atoms with E-state index in [-0.39, 0.29) is 18.3 Å². The first-order valence-electron chi connectivity index (χ1n) is 8.37. The fraction of sp³-hybridized carbons (Fsp3) is 0.400. The average Bonchev–Trinajstić information content (AvgIpc) is 3.03. The molecular weight excluding hydrogens is 431 g/mol. The second-order valence-corrected chi connectivity index (χ2v) is 6.84. The molecule has 0 N–H and O–H groups in total. The molecule has 1 aliphatic heterocycles. The molecule has 1 fully saturated rings. The Bertz CT molecular complexity index is 567. The maximum atomic E-state index is 6.19. The number of methoxy groups -OCH3 is 1. The lowest BCUT2D eigenvalue weighted by molar-refractivity contribution is -0.165. The van der Waals surface area contributed by atoms with E-state index < -0.39 is 6.29 Å². The van der Waals surface area contributed by atoms with E-state index in [1.165, 1.54) is 0 Å². The summed E-state index contributed by atoms with van der Waals surface area (Å²) in [5.74, 6) is 0. The summed E-state index contributed by atoms with van der Waals surface area (Å²) in [5.41, 5.74) is 2.26. The number of rotatable bonds is 8. The van der Waals surface area contributed by atoms with Gasteiger partial charge < -0.3 is 18.9 Å². The maximum absolute atomic E-state index is 6.19. The van der Waals surface area contributed by atoms with Gasteiger partial charge in [0, 0.05) is 11.5 Å². The van der Waals surface area contributed by atoms with Crippen LogP contribution in [-0.4, -0.2) is 36.1 Å². The quantitative estimate of drug-likeness (QED) is 0.447. The van der Waals surface area contributed by atoms with Crippen molar-refractivity contribution in [1.82, 2.24) is 0 Å². The summed E-state index contributed by atoms with van der Waals surface area (Å²) < 4.78 is 24.6. The average molecular weight is 454 g/mol. The topological polar surface area (TPSA) is 36.9 Å². The molecule has 1 aliphatic rings. The van der Waals surface area contributed by atoms with Gasteiger partial charge in [-0.25, -0.2) is 0 Å². The molecule has 0 bridgehead atoms. The summed E-state index contributed by atoms with van der Waals surface area (Å²) in [7, 11) is 1.65. The van der Waals surface area contributed by atoms with Gasteiger partial charge in [0.25, 0.3) is 0 Å². The molecule has 25 heavy (non-hydrogen) atoms. The Morgan fingerprint density at radius 3 is 1.84 bits per heavy atom. The molecule has 2 aromatic carbocycles. The lowest BCUT2D eigenvalue weighted by Crippen LogP contribution is -2.38. The van der Waals surface area contributed by atoms with Gasteiger partial charge in [0.1, 0.15) is 12.2 Å². The highest BCUT2D eigenvalue weighted by atomic mass is 127. The molecule has 134 valence electrons. The molecule has 5 heteroatoms. The predicted octanol–water partition coefficient (Wildman–Crippen LogP) is 3.96. The van der Waals surface area contributed by atoms with E-state index in [9.17, 15) is 0 Å². The van der Waals surface area contributed by atoms with E-state index >= 15 is 0 Å². The van der Waals surface area contributed by atoms with E-state index in [0.717, 1.165) is 15.6 Å². The highest BCUT2D eigenvalue weighted by molar-refractivity contribution is 14.1. The lowest BCUT2D eigenvalue weighted by Gasteiger charge is -2.24. The first kappa shape index (κ1) is 18.8. The smallest absolute Gasteiger partial charge is 0.186 e. The highest BCUT2D eigenvalue weighted by Gasteiger charge is 2.46. The van der Waals surface area contributed by atoms with Crippen molar-refractivity contribution in [2.24, 2.45) is 0 Å². The summed E-state index contributed by atoms with van der Waals surface area (Å²) >= 11 is 2.32. The number of hydrogen-bond donors (Lipinski definition) is 0. The van der Waals surface area contributed by atoms with Gasteiger partial charge in [-0.05, 0) is 11.1 Å². The van der Waals surface area contributed by atoms with E-state index in [4.69, 9.17) is 18.9 Å². The SMILES string of the molecule is COC1O[C@@H](CI)[C@@H](OCc2ccccc2)[C@@H]1OCc1ccccc1. The Labute approximate surface area is 162 Å². The Kier molecular flexibility index (Phi) is 7.24. The third kappa shape index (κ3) is 5.01. The third-order valence-electron chi connectivity index (χ3n) is 4.22. The molecule has 0 radical (unpaired) electrons. The molecule has 2 aromatic rings. The Morgan fingerprint density at radius 1 is 0.840 bits per heavy atom. The van der Waals surface area contributed by atoms with Gasteiger partial charge in [-0.15, -0.1) is 0 Å². The van der Waals surface area contributed by atoms with Crippen LogP contribution >= 0.6 is 22.6 Å². The molecule has 3 rings (SSSR count). The van der Waals surface area contributed by atoms with Gasteiger partial charge in [-0.2, -0.15) is 0 Å². The molecule has 0 amide bonds. The molecule has 4 nitrogen and oxygen atoms in total. The Morgan fingerprint density at radius 2 is 1.36 bits per heavy atom. The van der Waals surface area contributed by atoms with Crippen LogP contribution in [0, 0.1) is 0 Å². The van der Waals surface area contributed by atoms with Crippen molar-refractivity contribution in [2.75, 3.05) is 11.5 Å². The molecule has 4 atom stereocenters. The molecule has 1 heterocycles. The minimum Gasteiger partial charge on any atom is -0.368 e. The number of benzene rings is 2. The van der Waals surface area contributed by atoms with Crippen LogP contribution in [0.4, 0.5) is 0 Å². The van der Waals surface area contributed by atoms with Gasteiger partial charge in [-0.1, -0.05) is 83.3 Å². The van der Waals surface area contributed by atoms with Crippen molar-refractivity contribution >= 4 is 22.6 Å². The van der Waals surface area contributed by atoms with Crippen LogP contribution in [0.1, 0.15) is 11.1 Å². The van der Waals surface area contributed by atoms with Crippen LogP contribution in [-0.2, 0) is 32.2 Å². The van der Waals surface area contributed by atoms with Crippen molar-refractivity contribution in [3.63, 3.8) is 0 Å². The number of hydrogen-bond acceptors (Lipinski definition) is 4. The molecule has 0 aromatic heterocycles. The van der Waals surface area contributed by atoms with Crippen molar-refractivity contribution < 1.29 is 18.9 Å². The molecule has 1 saturated heterocycles. The van der Waals surface area contributed by atoms with Gasteiger partial charge in [0.05, 0.1) is 19.3 Å². The Hall–Kier alpha value is -0.990. The van der Waals surface area contributed by atoms with E-state index in [1.54, 1.807) is 7.11 Å². The molecular formula is C20H23IO4. The van der Waals surface area contributed by atoms with Crippen LogP contribution in [0.15, 0.2) is 60.7 Å². The zero-order valence-corrected chi connectivity index (χ0v) is 16.4. The van der Waals surface area contributed by atoms with Crippen LogP contribution < -0.4 is 0 Å². The first-order valence-corrected chi connectivity index (χ1v) is 9.89. The standard InChI is InChI=1S/C20H23IO4/c1-22-20-19(24-14-16-10-6-3-7-11-16)18(17(12-21)25-20)23-13-15-8-4-2-5-9-15/h2-11,17-20H,12-14H2,1H3/t17-,18+,19-,20?/m0/s1. The van der Waals surface area contributed by atoms with Crippen molar-refractivity contribution in [1.29, 1.82) is 0 Å². The monoisotopic (exact) mass is 454 g/mol. The second-order valence-electron chi connectivity index (χ2n) is 5.96. The maximum Gasteiger partial charge on any atom is 0.186 e. The fourth-order valence-corrected chi connectivity index (χ4v) is 3.63. The summed E-state index contributed by atoms with van der Waals surface area (Å²) in [6.45, 7) is 1.04. The summed E-state index contributed by atoms with van der Waals surface area (Å²) in [6, 6.07) is 20.3. The minimum absolute atomic E-state index is 0.0463. The van der Waals surface area contributed by atoms with Crippen LogP contribution in [0.25, 0.3) is 0 Å². The second kappa shape index (κ2) is 9.64. The molecule has 0 saturated carbocycles. The van der Waals surface area contributed by atoms with Gasteiger partial charge in [0.2, 0.25) is 0 Å².